The summed E-state index contributed by atoms with van der Waals surface area (Å²) in [5.74, 6) is -0.858. The standard InChI is InChI=1S/C32H24Cl2N2O5/c1-20-7-9-22(10-8-20)19-41-29-23(15-24(33)17-28(29)34)16-27-30(37)35-32(39)36(31(27)38)25-11-13-26(14-12-25)40-18-21-5-3-2-4-6-21/h2-17H,18-19H2,1H3,(H,35,37,39)/b27-16+. The third-order valence-corrected chi connectivity index (χ3v) is 6.78. The number of amides is 4. The summed E-state index contributed by atoms with van der Waals surface area (Å²) in [5.41, 5.74) is 3.30. The van der Waals surface area contributed by atoms with Crippen molar-refractivity contribution in [2.24, 2.45) is 0 Å². The van der Waals surface area contributed by atoms with Crippen molar-refractivity contribution in [3.63, 3.8) is 0 Å². The number of hydrogen-bond acceptors (Lipinski definition) is 5. The van der Waals surface area contributed by atoms with E-state index in [1.165, 1.54) is 18.2 Å². The van der Waals surface area contributed by atoms with E-state index in [1.54, 1.807) is 24.3 Å². The van der Waals surface area contributed by atoms with Gasteiger partial charge in [-0.15, -0.1) is 0 Å². The van der Waals surface area contributed by atoms with E-state index in [4.69, 9.17) is 32.7 Å². The van der Waals surface area contributed by atoms with Crippen LogP contribution < -0.4 is 19.7 Å². The Morgan fingerprint density at radius 3 is 2.17 bits per heavy atom. The number of nitrogens with one attached hydrogen (secondary N) is 1. The van der Waals surface area contributed by atoms with Gasteiger partial charge in [0.2, 0.25) is 0 Å². The molecule has 206 valence electrons. The highest BCUT2D eigenvalue weighted by Gasteiger charge is 2.37. The zero-order chi connectivity index (χ0) is 28.9. The Bertz CT molecular complexity index is 1640. The summed E-state index contributed by atoms with van der Waals surface area (Å²) in [6.07, 6.45) is 1.32. The van der Waals surface area contributed by atoms with Gasteiger partial charge in [0.05, 0.1) is 10.7 Å². The number of carbonyl (C=O) groups is 3. The Morgan fingerprint density at radius 2 is 1.46 bits per heavy atom. The first-order valence-corrected chi connectivity index (χ1v) is 13.4. The summed E-state index contributed by atoms with van der Waals surface area (Å²) in [5, 5.41) is 2.71. The van der Waals surface area contributed by atoms with E-state index in [2.05, 4.69) is 5.32 Å². The lowest BCUT2D eigenvalue weighted by atomic mass is 10.1. The van der Waals surface area contributed by atoms with Crippen LogP contribution in [0.2, 0.25) is 10.0 Å². The molecule has 1 heterocycles. The fourth-order valence-electron chi connectivity index (χ4n) is 4.16. The molecule has 0 spiro atoms. The lowest BCUT2D eigenvalue weighted by Gasteiger charge is -2.26. The van der Waals surface area contributed by atoms with Crippen molar-refractivity contribution in [1.29, 1.82) is 0 Å². The Hall–Kier alpha value is -4.59. The molecule has 1 aliphatic heterocycles. The SMILES string of the molecule is Cc1ccc(COc2c(Cl)cc(Cl)cc2/C=C2\C(=O)NC(=O)N(c3ccc(OCc4ccccc4)cc3)C2=O)cc1. The van der Waals surface area contributed by atoms with Gasteiger partial charge in [-0.25, -0.2) is 9.69 Å². The maximum atomic E-state index is 13.5. The number of urea groups is 1. The van der Waals surface area contributed by atoms with E-state index in [0.29, 0.717) is 17.9 Å². The zero-order valence-electron chi connectivity index (χ0n) is 21.9. The fraction of sp³-hybridized carbons (Fsp3) is 0.0938. The number of anilines is 1. The van der Waals surface area contributed by atoms with Crippen LogP contribution in [0.25, 0.3) is 6.08 Å². The van der Waals surface area contributed by atoms with Gasteiger partial charge < -0.3 is 9.47 Å². The minimum absolute atomic E-state index is 0.196. The molecule has 0 bridgehead atoms. The van der Waals surface area contributed by atoms with Gasteiger partial charge in [0.25, 0.3) is 11.8 Å². The minimum Gasteiger partial charge on any atom is -0.489 e. The van der Waals surface area contributed by atoms with E-state index in [9.17, 15) is 14.4 Å². The van der Waals surface area contributed by atoms with Gasteiger partial charge in [0.1, 0.15) is 30.3 Å². The lowest BCUT2D eigenvalue weighted by Crippen LogP contribution is -2.54. The molecule has 0 aromatic heterocycles. The molecule has 4 aromatic rings. The number of barbiturate groups is 1. The third-order valence-electron chi connectivity index (χ3n) is 6.29. The largest absolute Gasteiger partial charge is 0.489 e. The summed E-state index contributed by atoms with van der Waals surface area (Å²) < 4.78 is 11.8. The Kier molecular flexibility index (Phi) is 8.38. The van der Waals surface area contributed by atoms with Crippen molar-refractivity contribution in [3.05, 3.63) is 129 Å². The molecule has 1 fully saturated rings. The number of nitrogens with zero attached hydrogens (tertiary/aromatic N) is 1. The second kappa shape index (κ2) is 12.3. The van der Waals surface area contributed by atoms with E-state index >= 15 is 0 Å². The van der Waals surface area contributed by atoms with Gasteiger partial charge in [0.15, 0.2) is 0 Å². The maximum Gasteiger partial charge on any atom is 0.335 e. The summed E-state index contributed by atoms with van der Waals surface area (Å²) in [6.45, 7) is 2.54. The monoisotopic (exact) mass is 586 g/mol. The summed E-state index contributed by atoms with van der Waals surface area (Å²) in [7, 11) is 0. The summed E-state index contributed by atoms with van der Waals surface area (Å²) >= 11 is 12.7. The van der Waals surface area contributed by atoms with Crippen molar-refractivity contribution in [1.82, 2.24) is 5.32 Å². The van der Waals surface area contributed by atoms with Crippen LogP contribution in [0, 0.1) is 6.92 Å². The van der Waals surface area contributed by atoms with Crippen molar-refractivity contribution in [2.75, 3.05) is 4.90 Å². The Balaban J connectivity index is 1.39. The molecule has 9 heteroatoms. The molecule has 1 saturated heterocycles. The average Bonchev–Trinajstić information content (AvgIpc) is 2.95. The molecule has 4 aromatic carbocycles. The highest BCUT2D eigenvalue weighted by molar-refractivity contribution is 6.40. The van der Waals surface area contributed by atoms with Crippen molar-refractivity contribution in [3.8, 4) is 11.5 Å². The number of halogens is 2. The van der Waals surface area contributed by atoms with Gasteiger partial charge in [-0.1, -0.05) is 83.4 Å². The van der Waals surface area contributed by atoms with Crippen LogP contribution in [0.3, 0.4) is 0 Å². The number of ether oxygens (including phenoxy) is 2. The van der Waals surface area contributed by atoms with Crippen LogP contribution in [-0.2, 0) is 22.8 Å². The predicted octanol–water partition coefficient (Wildman–Crippen LogP) is 7.13. The van der Waals surface area contributed by atoms with E-state index < -0.39 is 17.8 Å². The van der Waals surface area contributed by atoms with Gasteiger partial charge in [-0.2, -0.15) is 0 Å². The van der Waals surface area contributed by atoms with E-state index in [-0.39, 0.29) is 33.7 Å². The fourth-order valence-corrected chi connectivity index (χ4v) is 4.72. The summed E-state index contributed by atoms with van der Waals surface area (Å²) in [6, 6.07) is 26.0. The normalized spacial score (nSPS) is 14.3. The van der Waals surface area contributed by atoms with Gasteiger partial charge in [-0.3, -0.25) is 14.9 Å². The molecule has 0 unspecified atom stereocenters. The maximum absolute atomic E-state index is 13.5. The first kappa shape index (κ1) is 28.0. The molecule has 7 nitrogen and oxygen atoms in total. The molecule has 1 N–H and O–H groups in total. The molecule has 0 radical (unpaired) electrons. The van der Waals surface area contributed by atoms with Gasteiger partial charge in [-0.05, 0) is 60.5 Å². The first-order valence-electron chi connectivity index (χ1n) is 12.6. The second-order valence-electron chi connectivity index (χ2n) is 9.31. The van der Waals surface area contributed by atoms with Crippen LogP contribution in [0.15, 0.2) is 96.6 Å². The molecular weight excluding hydrogens is 563 g/mol. The van der Waals surface area contributed by atoms with E-state index in [0.717, 1.165) is 21.6 Å². The van der Waals surface area contributed by atoms with Gasteiger partial charge >= 0.3 is 6.03 Å². The third kappa shape index (κ3) is 6.60. The number of rotatable bonds is 8. The van der Waals surface area contributed by atoms with Crippen molar-refractivity contribution >= 4 is 52.8 Å². The average molecular weight is 587 g/mol. The molecule has 0 atom stereocenters. The molecule has 0 saturated carbocycles. The molecular formula is C32H24Cl2N2O5. The number of benzene rings is 4. The Morgan fingerprint density at radius 1 is 0.805 bits per heavy atom. The van der Waals surface area contributed by atoms with E-state index in [1.807, 2.05) is 61.5 Å². The molecule has 1 aliphatic rings. The van der Waals surface area contributed by atoms with Crippen LogP contribution in [0.4, 0.5) is 10.5 Å². The van der Waals surface area contributed by atoms with Crippen LogP contribution in [-0.4, -0.2) is 17.8 Å². The zero-order valence-corrected chi connectivity index (χ0v) is 23.4. The van der Waals surface area contributed by atoms with Crippen LogP contribution in [0.1, 0.15) is 22.3 Å². The highest BCUT2D eigenvalue weighted by Crippen LogP contribution is 2.35. The lowest BCUT2D eigenvalue weighted by molar-refractivity contribution is -0.122. The molecule has 0 aliphatic carbocycles. The first-order chi connectivity index (χ1) is 19.8. The highest BCUT2D eigenvalue weighted by atomic mass is 35.5. The number of hydrogen-bond donors (Lipinski definition) is 1. The minimum atomic E-state index is -0.866. The Labute approximate surface area is 246 Å². The number of aryl methyl sites for hydroxylation is 1. The van der Waals surface area contributed by atoms with Gasteiger partial charge in [0, 0.05) is 10.6 Å². The predicted molar refractivity (Wildman–Crippen MR) is 158 cm³/mol. The van der Waals surface area contributed by atoms with Crippen LogP contribution in [0.5, 0.6) is 11.5 Å². The molecule has 41 heavy (non-hydrogen) atoms. The topological polar surface area (TPSA) is 84.9 Å². The quantitative estimate of drug-likeness (QED) is 0.175. The van der Waals surface area contributed by atoms with Crippen molar-refractivity contribution < 1.29 is 23.9 Å². The molecule has 4 amide bonds. The smallest absolute Gasteiger partial charge is 0.335 e. The summed E-state index contributed by atoms with van der Waals surface area (Å²) in [4.78, 5) is 39.9. The number of carbonyl (C=O) groups excluding carboxylic acids is 3. The number of imide groups is 2. The van der Waals surface area contributed by atoms with Crippen LogP contribution >= 0.6 is 23.2 Å². The van der Waals surface area contributed by atoms with Crippen molar-refractivity contribution in [2.45, 2.75) is 20.1 Å². The molecule has 5 rings (SSSR count). The second-order valence-corrected chi connectivity index (χ2v) is 10.1.